The Bertz CT molecular complexity index is 1180. The van der Waals surface area contributed by atoms with Crippen LogP contribution in [0.25, 0.3) is 17.0 Å². The number of aromatic hydroxyl groups is 1. The number of carbonyl (C=O) groups excluding carboxylic acids is 1. The molecule has 0 atom stereocenters. The van der Waals surface area contributed by atoms with Gasteiger partial charge in [-0.2, -0.15) is 0 Å². The van der Waals surface area contributed by atoms with Gasteiger partial charge in [-0.25, -0.2) is 19.3 Å². The van der Waals surface area contributed by atoms with Gasteiger partial charge in [-0.3, -0.25) is 9.20 Å². The fourth-order valence-corrected chi connectivity index (χ4v) is 2.73. The molecule has 0 radical (unpaired) electrons. The van der Waals surface area contributed by atoms with E-state index in [0.29, 0.717) is 28.7 Å². The first-order valence-corrected chi connectivity index (χ1v) is 8.00. The highest BCUT2D eigenvalue weighted by atomic mass is 19.1. The molecule has 0 fully saturated rings. The summed E-state index contributed by atoms with van der Waals surface area (Å²) >= 11 is 0. The van der Waals surface area contributed by atoms with E-state index in [4.69, 9.17) is 4.42 Å². The van der Waals surface area contributed by atoms with Crippen LogP contribution in [0.15, 0.2) is 41.2 Å². The van der Waals surface area contributed by atoms with Crippen molar-refractivity contribution in [2.75, 3.05) is 5.32 Å². The first-order chi connectivity index (χ1) is 12.9. The minimum absolute atomic E-state index is 0.0364. The lowest BCUT2D eigenvalue weighted by Crippen LogP contribution is -2.12. The Balaban J connectivity index is 1.68. The maximum atomic E-state index is 14.3. The molecule has 1 amide bonds. The van der Waals surface area contributed by atoms with Gasteiger partial charge in [-0.1, -0.05) is 0 Å². The Hall–Kier alpha value is -3.75. The summed E-state index contributed by atoms with van der Waals surface area (Å²) in [6.45, 7) is 3.32. The minimum atomic E-state index is -0.507. The Labute approximate surface area is 152 Å². The number of carbonyl (C=O) groups is 1. The number of hydrogen-bond donors (Lipinski definition) is 2. The number of aryl methyl sites for hydroxylation is 2. The lowest BCUT2D eigenvalue weighted by atomic mass is 10.1. The molecule has 0 spiro atoms. The van der Waals surface area contributed by atoms with Gasteiger partial charge in [0.05, 0.1) is 23.8 Å². The summed E-state index contributed by atoms with van der Waals surface area (Å²) in [6.07, 6.45) is 4.20. The first kappa shape index (κ1) is 16.7. The SMILES string of the molecule is Cc1nc(C)c(C(=O)Nc2ccc(F)c(-c3cn4cc(O)cnc4n3)c2)o1. The zero-order valence-electron chi connectivity index (χ0n) is 14.4. The molecule has 3 heterocycles. The molecule has 3 aromatic heterocycles. The quantitative estimate of drug-likeness (QED) is 0.576. The first-order valence-electron chi connectivity index (χ1n) is 8.00. The molecule has 0 unspecified atom stereocenters. The highest BCUT2D eigenvalue weighted by Gasteiger charge is 2.17. The van der Waals surface area contributed by atoms with Crippen molar-refractivity contribution in [1.29, 1.82) is 0 Å². The van der Waals surface area contributed by atoms with Crippen molar-refractivity contribution in [2.24, 2.45) is 0 Å². The number of rotatable bonds is 3. The van der Waals surface area contributed by atoms with Crippen molar-refractivity contribution in [2.45, 2.75) is 13.8 Å². The molecule has 136 valence electrons. The largest absolute Gasteiger partial charge is 0.505 e. The van der Waals surface area contributed by atoms with E-state index in [1.54, 1.807) is 13.8 Å². The van der Waals surface area contributed by atoms with Gasteiger partial charge in [0.25, 0.3) is 5.91 Å². The van der Waals surface area contributed by atoms with E-state index in [-0.39, 0.29) is 17.1 Å². The number of benzene rings is 1. The monoisotopic (exact) mass is 367 g/mol. The van der Waals surface area contributed by atoms with Crippen molar-refractivity contribution in [1.82, 2.24) is 19.4 Å². The van der Waals surface area contributed by atoms with Crippen LogP contribution < -0.4 is 5.32 Å². The van der Waals surface area contributed by atoms with Crippen LogP contribution in [0.3, 0.4) is 0 Å². The van der Waals surface area contributed by atoms with Gasteiger partial charge in [0.15, 0.2) is 11.6 Å². The molecule has 0 aliphatic heterocycles. The second-order valence-corrected chi connectivity index (χ2v) is 5.94. The number of anilines is 1. The molecule has 0 aliphatic rings. The second-order valence-electron chi connectivity index (χ2n) is 5.94. The molecule has 1 aromatic carbocycles. The number of nitrogens with one attached hydrogen (secondary N) is 1. The van der Waals surface area contributed by atoms with Crippen LogP contribution in [0.2, 0.25) is 0 Å². The maximum absolute atomic E-state index is 14.3. The summed E-state index contributed by atoms with van der Waals surface area (Å²) in [5.74, 6) is -0.224. The van der Waals surface area contributed by atoms with E-state index in [1.165, 1.54) is 41.2 Å². The standard InChI is InChI=1S/C18H14FN5O3/c1-9-16(27-10(2)21-9)17(26)22-11-3-4-14(19)13(5-11)15-8-24-7-12(25)6-20-18(24)23-15/h3-8,25H,1-2H3,(H,22,26). The number of imidazole rings is 1. The van der Waals surface area contributed by atoms with Gasteiger partial charge in [-0.05, 0) is 25.1 Å². The third-order valence-electron chi connectivity index (χ3n) is 3.91. The number of oxazole rings is 1. The Morgan fingerprint density at radius 3 is 2.81 bits per heavy atom. The second kappa shape index (κ2) is 6.20. The van der Waals surface area contributed by atoms with Crippen LogP contribution in [0.5, 0.6) is 5.75 Å². The lowest BCUT2D eigenvalue weighted by molar-refractivity contribution is 0.0994. The van der Waals surface area contributed by atoms with Gasteiger partial charge in [0.2, 0.25) is 11.5 Å². The van der Waals surface area contributed by atoms with Crippen LogP contribution in [0.4, 0.5) is 10.1 Å². The Kier molecular flexibility index (Phi) is 3.84. The van der Waals surface area contributed by atoms with Crippen molar-refractivity contribution in [3.8, 4) is 17.0 Å². The van der Waals surface area contributed by atoms with Crippen molar-refractivity contribution in [3.63, 3.8) is 0 Å². The van der Waals surface area contributed by atoms with Crippen LogP contribution in [-0.2, 0) is 0 Å². The molecular formula is C18H14FN5O3. The molecule has 0 bridgehead atoms. The Morgan fingerprint density at radius 2 is 2.07 bits per heavy atom. The molecule has 0 saturated heterocycles. The van der Waals surface area contributed by atoms with E-state index >= 15 is 0 Å². The van der Waals surface area contributed by atoms with E-state index in [9.17, 15) is 14.3 Å². The molecule has 4 aromatic rings. The summed E-state index contributed by atoms with van der Waals surface area (Å²) in [5, 5.41) is 12.2. The highest BCUT2D eigenvalue weighted by molar-refractivity contribution is 6.03. The smallest absolute Gasteiger partial charge is 0.293 e. The summed E-state index contributed by atoms with van der Waals surface area (Å²) in [5.41, 5.74) is 1.34. The van der Waals surface area contributed by atoms with Gasteiger partial charge in [0, 0.05) is 24.4 Å². The summed E-state index contributed by atoms with van der Waals surface area (Å²) in [6, 6.07) is 4.14. The van der Waals surface area contributed by atoms with Gasteiger partial charge in [0.1, 0.15) is 5.82 Å². The molecule has 8 nitrogen and oxygen atoms in total. The molecule has 27 heavy (non-hydrogen) atoms. The predicted octanol–water partition coefficient (Wildman–Crippen LogP) is 3.10. The number of halogens is 1. The zero-order chi connectivity index (χ0) is 19.1. The topological polar surface area (TPSA) is 106 Å². The number of nitrogens with zero attached hydrogens (tertiary/aromatic N) is 4. The van der Waals surface area contributed by atoms with E-state index in [0.717, 1.165) is 0 Å². The molecule has 4 rings (SSSR count). The number of hydrogen-bond acceptors (Lipinski definition) is 6. The minimum Gasteiger partial charge on any atom is -0.505 e. The summed E-state index contributed by atoms with van der Waals surface area (Å²) in [7, 11) is 0. The lowest BCUT2D eigenvalue weighted by Gasteiger charge is -2.06. The molecular weight excluding hydrogens is 353 g/mol. The molecule has 0 aliphatic carbocycles. The highest BCUT2D eigenvalue weighted by Crippen LogP contribution is 2.26. The molecule has 9 heteroatoms. The predicted molar refractivity (Wildman–Crippen MR) is 94.0 cm³/mol. The summed E-state index contributed by atoms with van der Waals surface area (Å²) in [4.78, 5) is 24.6. The van der Waals surface area contributed by atoms with Crippen LogP contribution in [-0.4, -0.2) is 30.4 Å². The normalized spacial score (nSPS) is 11.1. The van der Waals surface area contributed by atoms with Crippen molar-refractivity contribution >= 4 is 17.4 Å². The van der Waals surface area contributed by atoms with E-state index in [2.05, 4.69) is 20.3 Å². The van der Waals surface area contributed by atoms with Gasteiger partial charge in [-0.15, -0.1) is 0 Å². The average molecular weight is 367 g/mol. The summed E-state index contributed by atoms with van der Waals surface area (Å²) < 4.78 is 21.1. The fraction of sp³-hybridized carbons (Fsp3) is 0.111. The van der Waals surface area contributed by atoms with Gasteiger partial charge >= 0.3 is 0 Å². The molecule has 0 saturated carbocycles. The van der Waals surface area contributed by atoms with Gasteiger partial charge < -0.3 is 14.8 Å². The fourth-order valence-electron chi connectivity index (χ4n) is 2.73. The van der Waals surface area contributed by atoms with E-state index < -0.39 is 11.7 Å². The Morgan fingerprint density at radius 1 is 1.26 bits per heavy atom. The maximum Gasteiger partial charge on any atom is 0.293 e. The number of fused-ring (bicyclic) bond motifs is 1. The van der Waals surface area contributed by atoms with Crippen LogP contribution in [0, 0.1) is 19.7 Å². The van der Waals surface area contributed by atoms with Crippen LogP contribution >= 0.6 is 0 Å². The average Bonchev–Trinajstić information content (AvgIpc) is 3.18. The third-order valence-corrected chi connectivity index (χ3v) is 3.91. The third kappa shape index (κ3) is 3.10. The van der Waals surface area contributed by atoms with Crippen LogP contribution in [0.1, 0.15) is 22.1 Å². The number of amides is 1. The van der Waals surface area contributed by atoms with E-state index in [1.807, 2.05) is 0 Å². The molecule has 2 N–H and O–H groups in total. The van der Waals surface area contributed by atoms with Crippen molar-refractivity contribution < 1.29 is 18.7 Å². The zero-order valence-corrected chi connectivity index (χ0v) is 14.4. The van der Waals surface area contributed by atoms with Crippen molar-refractivity contribution in [3.05, 3.63) is 60.0 Å². The number of aromatic nitrogens is 4.